The summed E-state index contributed by atoms with van der Waals surface area (Å²) in [4.78, 5) is 10.6. The standard InChI is InChI=1S/C10H10N4O3/c15-10(16)8-1-3-9(4-2-8)17-6-5-14-7-11-12-13-14/h1-4,7H,5-6H2,(H,15,16). The van der Waals surface area contributed by atoms with E-state index in [1.165, 1.54) is 18.5 Å². The monoisotopic (exact) mass is 234 g/mol. The molecule has 0 bridgehead atoms. The highest BCUT2D eigenvalue weighted by Crippen LogP contribution is 2.11. The molecule has 0 spiro atoms. The third-order valence-electron chi connectivity index (χ3n) is 2.08. The highest BCUT2D eigenvalue weighted by atomic mass is 16.5. The second-order valence-electron chi connectivity index (χ2n) is 3.25. The SMILES string of the molecule is O=C(O)c1ccc(OCCn2cnnn2)cc1. The van der Waals surface area contributed by atoms with Gasteiger partial charge in [0.05, 0.1) is 12.1 Å². The largest absolute Gasteiger partial charge is 0.492 e. The average molecular weight is 234 g/mol. The molecular formula is C10H10N4O3. The van der Waals surface area contributed by atoms with Crippen LogP contribution in [0.5, 0.6) is 5.75 Å². The Bertz CT molecular complexity index is 481. The normalized spacial score (nSPS) is 10.1. The minimum atomic E-state index is -0.953. The summed E-state index contributed by atoms with van der Waals surface area (Å²) in [7, 11) is 0. The number of aromatic carboxylic acids is 1. The number of hydrogen-bond donors (Lipinski definition) is 1. The number of ether oxygens (including phenoxy) is 1. The van der Waals surface area contributed by atoms with E-state index < -0.39 is 5.97 Å². The van der Waals surface area contributed by atoms with Crippen LogP contribution < -0.4 is 4.74 Å². The first-order valence-corrected chi connectivity index (χ1v) is 4.92. The maximum Gasteiger partial charge on any atom is 0.335 e. The predicted molar refractivity (Wildman–Crippen MR) is 56.7 cm³/mol. The van der Waals surface area contributed by atoms with Gasteiger partial charge < -0.3 is 9.84 Å². The topological polar surface area (TPSA) is 90.1 Å². The van der Waals surface area contributed by atoms with Gasteiger partial charge in [-0.05, 0) is 34.7 Å². The van der Waals surface area contributed by atoms with Crippen molar-refractivity contribution in [2.24, 2.45) is 0 Å². The molecular weight excluding hydrogens is 224 g/mol. The fourth-order valence-electron chi connectivity index (χ4n) is 1.23. The molecule has 0 aliphatic rings. The first-order chi connectivity index (χ1) is 8.25. The summed E-state index contributed by atoms with van der Waals surface area (Å²) in [6.07, 6.45) is 1.50. The van der Waals surface area contributed by atoms with Gasteiger partial charge in [-0.25, -0.2) is 9.48 Å². The maximum atomic E-state index is 10.6. The van der Waals surface area contributed by atoms with Crippen molar-refractivity contribution < 1.29 is 14.6 Å². The molecule has 1 heterocycles. The summed E-state index contributed by atoms with van der Waals surface area (Å²) in [5.74, 6) is -0.340. The molecule has 17 heavy (non-hydrogen) atoms. The summed E-state index contributed by atoms with van der Waals surface area (Å²) in [5, 5.41) is 19.4. The molecule has 1 N–H and O–H groups in total. The molecule has 1 aromatic heterocycles. The lowest BCUT2D eigenvalue weighted by atomic mass is 10.2. The number of benzene rings is 1. The number of aromatic nitrogens is 4. The van der Waals surface area contributed by atoms with Crippen LogP contribution in [-0.2, 0) is 6.54 Å². The van der Waals surface area contributed by atoms with Crippen LogP contribution >= 0.6 is 0 Å². The molecule has 0 fully saturated rings. The van der Waals surface area contributed by atoms with Crippen molar-refractivity contribution in [3.05, 3.63) is 36.2 Å². The predicted octanol–water partition coefficient (Wildman–Crippen LogP) is 0.450. The molecule has 0 saturated carbocycles. The van der Waals surface area contributed by atoms with Crippen LogP contribution in [-0.4, -0.2) is 37.9 Å². The summed E-state index contributed by atoms with van der Waals surface area (Å²) < 4.78 is 6.95. The van der Waals surface area contributed by atoms with Crippen LogP contribution in [0.15, 0.2) is 30.6 Å². The Morgan fingerprint density at radius 1 is 1.35 bits per heavy atom. The zero-order valence-electron chi connectivity index (χ0n) is 8.85. The Morgan fingerprint density at radius 2 is 2.12 bits per heavy atom. The van der Waals surface area contributed by atoms with Crippen LogP contribution in [0.2, 0.25) is 0 Å². The molecule has 0 unspecified atom stereocenters. The molecule has 0 atom stereocenters. The van der Waals surface area contributed by atoms with Gasteiger partial charge in [0, 0.05) is 0 Å². The maximum absolute atomic E-state index is 10.6. The molecule has 0 amide bonds. The van der Waals surface area contributed by atoms with Crippen LogP contribution in [0.1, 0.15) is 10.4 Å². The molecule has 1 aromatic carbocycles. The molecule has 7 nitrogen and oxygen atoms in total. The summed E-state index contributed by atoms with van der Waals surface area (Å²) >= 11 is 0. The van der Waals surface area contributed by atoms with E-state index in [1.54, 1.807) is 16.8 Å². The van der Waals surface area contributed by atoms with Gasteiger partial charge in [-0.2, -0.15) is 0 Å². The van der Waals surface area contributed by atoms with E-state index in [0.29, 0.717) is 18.9 Å². The van der Waals surface area contributed by atoms with Crippen molar-refractivity contribution in [1.82, 2.24) is 20.2 Å². The molecule has 0 saturated heterocycles. The van der Waals surface area contributed by atoms with Gasteiger partial charge in [0.1, 0.15) is 18.7 Å². The number of rotatable bonds is 5. The Hall–Kier alpha value is -2.44. The van der Waals surface area contributed by atoms with Crippen molar-refractivity contribution in [1.29, 1.82) is 0 Å². The molecule has 0 radical (unpaired) electrons. The molecule has 2 aromatic rings. The summed E-state index contributed by atoms with van der Waals surface area (Å²) in [6, 6.07) is 6.22. The lowest BCUT2D eigenvalue weighted by Gasteiger charge is -2.05. The van der Waals surface area contributed by atoms with Crippen molar-refractivity contribution >= 4 is 5.97 Å². The zero-order chi connectivity index (χ0) is 12.1. The number of hydrogen-bond acceptors (Lipinski definition) is 5. The van der Waals surface area contributed by atoms with Gasteiger partial charge in [0.25, 0.3) is 0 Å². The van der Waals surface area contributed by atoms with Gasteiger partial charge >= 0.3 is 5.97 Å². The van der Waals surface area contributed by atoms with Gasteiger partial charge in [-0.3, -0.25) is 0 Å². The van der Waals surface area contributed by atoms with Crippen LogP contribution in [0, 0.1) is 0 Å². The molecule has 0 aliphatic carbocycles. The molecule has 2 rings (SSSR count). The number of nitrogens with zero attached hydrogens (tertiary/aromatic N) is 4. The fraction of sp³-hybridized carbons (Fsp3) is 0.200. The van der Waals surface area contributed by atoms with Gasteiger partial charge in [-0.1, -0.05) is 0 Å². The van der Waals surface area contributed by atoms with E-state index in [4.69, 9.17) is 9.84 Å². The molecule has 7 heteroatoms. The fourth-order valence-corrected chi connectivity index (χ4v) is 1.23. The van der Waals surface area contributed by atoms with E-state index in [1.807, 2.05) is 0 Å². The van der Waals surface area contributed by atoms with Crippen LogP contribution in [0.25, 0.3) is 0 Å². The zero-order valence-corrected chi connectivity index (χ0v) is 8.85. The Morgan fingerprint density at radius 3 is 2.71 bits per heavy atom. The first kappa shape index (κ1) is 11.1. The Balaban J connectivity index is 1.85. The quantitative estimate of drug-likeness (QED) is 0.807. The third kappa shape index (κ3) is 3.00. The second kappa shape index (κ2) is 5.06. The van der Waals surface area contributed by atoms with Gasteiger partial charge in [0.15, 0.2) is 0 Å². The van der Waals surface area contributed by atoms with E-state index in [2.05, 4.69) is 15.5 Å². The molecule has 0 aliphatic heterocycles. The lowest BCUT2D eigenvalue weighted by Crippen LogP contribution is -2.08. The van der Waals surface area contributed by atoms with Crippen molar-refractivity contribution in [3.63, 3.8) is 0 Å². The van der Waals surface area contributed by atoms with Gasteiger partial charge in [-0.15, -0.1) is 5.10 Å². The smallest absolute Gasteiger partial charge is 0.335 e. The third-order valence-corrected chi connectivity index (χ3v) is 2.08. The molecule has 88 valence electrons. The number of carboxylic acid groups (broad SMARTS) is 1. The van der Waals surface area contributed by atoms with E-state index in [9.17, 15) is 4.79 Å². The minimum Gasteiger partial charge on any atom is -0.492 e. The highest BCUT2D eigenvalue weighted by Gasteiger charge is 2.02. The minimum absolute atomic E-state index is 0.234. The van der Waals surface area contributed by atoms with Gasteiger partial charge in [0.2, 0.25) is 0 Å². The van der Waals surface area contributed by atoms with E-state index in [0.717, 1.165) is 0 Å². The number of carboxylic acids is 1. The Kier molecular flexibility index (Phi) is 3.29. The van der Waals surface area contributed by atoms with Crippen LogP contribution in [0.4, 0.5) is 0 Å². The lowest BCUT2D eigenvalue weighted by molar-refractivity contribution is 0.0697. The van der Waals surface area contributed by atoms with Crippen molar-refractivity contribution in [2.45, 2.75) is 6.54 Å². The number of carbonyl (C=O) groups is 1. The average Bonchev–Trinajstić information content (AvgIpc) is 2.83. The number of tetrazole rings is 1. The first-order valence-electron chi connectivity index (χ1n) is 4.92. The summed E-state index contributed by atoms with van der Waals surface area (Å²) in [6.45, 7) is 0.950. The summed E-state index contributed by atoms with van der Waals surface area (Å²) in [5.41, 5.74) is 0.234. The van der Waals surface area contributed by atoms with E-state index in [-0.39, 0.29) is 5.56 Å². The Labute approximate surface area is 96.6 Å². The highest BCUT2D eigenvalue weighted by molar-refractivity contribution is 5.87. The van der Waals surface area contributed by atoms with Crippen molar-refractivity contribution in [2.75, 3.05) is 6.61 Å². The second-order valence-corrected chi connectivity index (χ2v) is 3.25. The van der Waals surface area contributed by atoms with E-state index >= 15 is 0 Å². The van der Waals surface area contributed by atoms with Crippen LogP contribution in [0.3, 0.4) is 0 Å². The van der Waals surface area contributed by atoms with Crippen molar-refractivity contribution in [3.8, 4) is 5.75 Å².